The lowest BCUT2D eigenvalue weighted by atomic mass is 9.96. The van der Waals surface area contributed by atoms with Gasteiger partial charge in [-0.3, -0.25) is 0 Å². The van der Waals surface area contributed by atoms with Crippen LogP contribution in [0.25, 0.3) is 22.4 Å². The first-order valence-electron chi connectivity index (χ1n) is 9.93. The largest absolute Gasteiger partial charge is 0.507 e. The number of alkyl halides is 3. The van der Waals surface area contributed by atoms with E-state index in [2.05, 4.69) is 9.97 Å². The molecule has 0 unspecified atom stereocenters. The van der Waals surface area contributed by atoms with E-state index in [0.29, 0.717) is 11.5 Å². The van der Waals surface area contributed by atoms with Gasteiger partial charge in [0.25, 0.3) is 0 Å². The van der Waals surface area contributed by atoms with Crippen LogP contribution in [0.2, 0.25) is 0 Å². The Hall–Kier alpha value is -4.07. The Morgan fingerprint density at radius 3 is 2.21 bits per heavy atom. The van der Waals surface area contributed by atoms with Crippen molar-refractivity contribution >= 4 is 0 Å². The number of aromatic nitrogens is 2. The highest BCUT2D eigenvalue weighted by atomic mass is 19.4. The van der Waals surface area contributed by atoms with Crippen LogP contribution < -0.4 is 9.47 Å². The van der Waals surface area contributed by atoms with E-state index < -0.39 is 11.9 Å². The Bertz CT molecular complexity index is 1240. The molecule has 4 aromatic rings. The molecule has 33 heavy (non-hydrogen) atoms. The first kappa shape index (κ1) is 22.1. The fourth-order valence-corrected chi connectivity index (χ4v) is 3.38. The molecule has 0 saturated carbocycles. The lowest BCUT2D eigenvalue weighted by molar-refractivity contribution is -0.140. The lowest BCUT2D eigenvalue weighted by Crippen LogP contribution is -2.12. The normalized spacial score (nSPS) is 11.3. The molecule has 3 aromatic carbocycles. The van der Waals surface area contributed by atoms with Crippen molar-refractivity contribution < 1.29 is 27.8 Å². The molecule has 4 rings (SSSR count). The third-order valence-electron chi connectivity index (χ3n) is 4.97. The molecule has 0 amide bonds. The molecular weight excluding hydrogens is 433 g/mol. The van der Waals surface area contributed by atoms with E-state index in [0.717, 1.165) is 11.9 Å². The summed E-state index contributed by atoms with van der Waals surface area (Å²) in [5, 5.41) is 10.6. The number of rotatable bonds is 6. The summed E-state index contributed by atoms with van der Waals surface area (Å²) < 4.78 is 52.2. The molecule has 0 fully saturated rings. The third-order valence-corrected chi connectivity index (χ3v) is 4.97. The maximum absolute atomic E-state index is 13.8. The summed E-state index contributed by atoms with van der Waals surface area (Å²) in [6, 6.07) is 19.9. The van der Waals surface area contributed by atoms with Crippen molar-refractivity contribution in [1.29, 1.82) is 0 Å². The number of aromatic hydroxyl groups is 1. The molecule has 0 spiro atoms. The number of hydrogen-bond donors (Lipinski definition) is 1. The maximum atomic E-state index is 13.8. The van der Waals surface area contributed by atoms with Gasteiger partial charge in [0.1, 0.15) is 30.2 Å². The number of phenolic OH excluding ortho intramolecular Hbond substituents is 1. The SMILES string of the molecule is COc1ccc(-c2c(-c3ccc(OCc4ccccc4)cc3O)ncnc2C(F)(F)F)cc1. The van der Waals surface area contributed by atoms with Gasteiger partial charge in [-0.2, -0.15) is 13.2 Å². The number of ether oxygens (including phenoxy) is 2. The summed E-state index contributed by atoms with van der Waals surface area (Å²) in [6.07, 6.45) is -3.88. The van der Waals surface area contributed by atoms with Crippen molar-refractivity contribution in [3.05, 3.63) is 90.4 Å². The summed E-state index contributed by atoms with van der Waals surface area (Å²) in [5.74, 6) is 0.604. The van der Waals surface area contributed by atoms with Gasteiger partial charge in [0.2, 0.25) is 0 Å². The predicted molar refractivity (Wildman–Crippen MR) is 117 cm³/mol. The van der Waals surface area contributed by atoms with Crippen molar-refractivity contribution in [2.24, 2.45) is 0 Å². The summed E-state index contributed by atoms with van der Waals surface area (Å²) >= 11 is 0. The Kier molecular flexibility index (Phi) is 6.17. The van der Waals surface area contributed by atoms with Crippen molar-refractivity contribution in [3.8, 4) is 39.6 Å². The molecule has 0 radical (unpaired) electrons. The van der Waals surface area contributed by atoms with E-state index in [1.807, 2.05) is 30.3 Å². The highest BCUT2D eigenvalue weighted by Crippen LogP contribution is 2.43. The summed E-state index contributed by atoms with van der Waals surface area (Å²) in [7, 11) is 1.46. The highest BCUT2D eigenvalue weighted by molar-refractivity contribution is 5.85. The van der Waals surface area contributed by atoms with E-state index in [1.54, 1.807) is 18.2 Å². The van der Waals surface area contributed by atoms with Crippen LogP contribution in [0.5, 0.6) is 17.2 Å². The molecule has 0 bridgehead atoms. The number of benzene rings is 3. The maximum Gasteiger partial charge on any atom is 0.434 e. The van der Waals surface area contributed by atoms with E-state index in [-0.39, 0.29) is 34.7 Å². The lowest BCUT2D eigenvalue weighted by Gasteiger charge is -2.17. The average Bonchev–Trinajstić information content (AvgIpc) is 2.82. The van der Waals surface area contributed by atoms with Gasteiger partial charge < -0.3 is 14.6 Å². The summed E-state index contributed by atoms with van der Waals surface area (Å²) in [5.41, 5.74) is -0.0752. The van der Waals surface area contributed by atoms with Gasteiger partial charge in [0.15, 0.2) is 5.69 Å². The van der Waals surface area contributed by atoms with Gasteiger partial charge in [0, 0.05) is 17.2 Å². The zero-order valence-electron chi connectivity index (χ0n) is 17.5. The molecule has 168 valence electrons. The fraction of sp³-hybridized carbons (Fsp3) is 0.120. The summed E-state index contributed by atoms with van der Waals surface area (Å²) in [6.45, 7) is 0.280. The number of methoxy groups -OCH3 is 1. The molecule has 0 aliphatic rings. The quantitative estimate of drug-likeness (QED) is 0.382. The van der Waals surface area contributed by atoms with E-state index >= 15 is 0 Å². The van der Waals surface area contributed by atoms with Gasteiger partial charge >= 0.3 is 6.18 Å². The smallest absolute Gasteiger partial charge is 0.434 e. The second-order valence-electron chi connectivity index (χ2n) is 7.13. The number of nitrogens with zero attached hydrogens (tertiary/aromatic N) is 2. The Morgan fingerprint density at radius 2 is 1.58 bits per heavy atom. The van der Waals surface area contributed by atoms with Crippen LogP contribution in [0.4, 0.5) is 13.2 Å². The van der Waals surface area contributed by atoms with Gasteiger partial charge in [-0.1, -0.05) is 42.5 Å². The summed E-state index contributed by atoms with van der Waals surface area (Å²) in [4.78, 5) is 7.57. The van der Waals surface area contributed by atoms with E-state index in [1.165, 1.54) is 31.4 Å². The first-order chi connectivity index (χ1) is 15.9. The topological polar surface area (TPSA) is 64.5 Å². The minimum absolute atomic E-state index is 0.0467. The molecule has 0 aliphatic heterocycles. The molecule has 0 atom stereocenters. The van der Waals surface area contributed by atoms with Gasteiger partial charge in [-0.15, -0.1) is 0 Å². The molecule has 1 heterocycles. The van der Waals surface area contributed by atoms with Gasteiger partial charge in [-0.05, 0) is 35.4 Å². The number of halogens is 3. The predicted octanol–water partition coefficient (Wildman–Crippen LogP) is 6.12. The monoisotopic (exact) mass is 452 g/mol. The zero-order chi connectivity index (χ0) is 23.4. The van der Waals surface area contributed by atoms with Crippen molar-refractivity contribution in [2.45, 2.75) is 12.8 Å². The third kappa shape index (κ3) is 4.90. The van der Waals surface area contributed by atoms with Crippen LogP contribution >= 0.6 is 0 Å². The average molecular weight is 452 g/mol. The van der Waals surface area contributed by atoms with Crippen molar-refractivity contribution in [3.63, 3.8) is 0 Å². The minimum Gasteiger partial charge on any atom is -0.507 e. The zero-order valence-corrected chi connectivity index (χ0v) is 17.5. The van der Waals surface area contributed by atoms with Crippen LogP contribution in [-0.2, 0) is 12.8 Å². The molecule has 8 heteroatoms. The second-order valence-corrected chi connectivity index (χ2v) is 7.13. The van der Waals surface area contributed by atoms with Crippen LogP contribution in [0.3, 0.4) is 0 Å². The Morgan fingerprint density at radius 1 is 0.879 bits per heavy atom. The molecule has 0 aliphatic carbocycles. The highest BCUT2D eigenvalue weighted by Gasteiger charge is 2.37. The molecule has 0 saturated heterocycles. The second kappa shape index (κ2) is 9.20. The molecule has 1 N–H and O–H groups in total. The molecule has 5 nitrogen and oxygen atoms in total. The van der Waals surface area contributed by atoms with Gasteiger partial charge in [0.05, 0.1) is 12.8 Å². The van der Waals surface area contributed by atoms with E-state index in [4.69, 9.17) is 9.47 Å². The molecule has 1 aromatic heterocycles. The Labute approximate surface area is 188 Å². The number of hydrogen-bond acceptors (Lipinski definition) is 5. The standard InChI is InChI=1S/C25H19F3N2O3/c1-32-18-9-7-17(8-10-18)22-23(29-15-30-24(22)25(26,27)28)20-12-11-19(13-21(20)31)33-14-16-5-3-2-4-6-16/h2-13,15,31H,14H2,1H3. The Balaban J connectivity index is 1.75. The molecular formula is C25H19F3N2O3. The van der Waals surface area contributed by atoms with Crippen LogP contribution in [0.15, 0.2) is 79.1 Å². The number of phenols is 1. The van der Waals surface area contributed by atoms with Crippen LogP contribution in [-0.4, -0.2) is 22.2 Å². The fourth-order valence-electron chi connectivity index (χ4n) is 3.38. The first-order valence-corrected chi connectivity index (χ1v) is 9.93. The van der Waals surface area contributed by atoms with Crippen LogP contribution in [0.1, 0.15) is 11.3 Å². The van der Waals surface area contributed by atoms with Gasteiger partial charge in [-0.25, -0.2) is 9.97 Å². The van der Waals surface area contributed by atoms with Crippen molar-refractivity contribution in [2.75, 3.05) is 7.11 Å². The van der Waals surface area contributed by atoms with Crippen molar-refractivity contribution in [1.82, 2.24) is 9.97 Å². The van der Waals surface area contributed by atoms with E-state index in [9.17, 15) is 18.3 Å². The van der Waals surface area contributed by atoms with Crippen LogP contribution in [0, 0.1) is 0 Å². The minimum atomic E-state index is -4.72.